The molecular formula is C19H20N2O3. The Morgan fingerprint density at radius 1 is 1.12 bits per heavy atom. The third-order valence-corrected chi connectivity index (χ3v) is 5.01. The lowest BCUT2D eigenvalue weighted by Crippen LogP contribution is -2.48. The van der Waals surface area contributed by atoms with Crippen LogP contribution >= 0.6 is 0 Å². The van der Waals surface area contributed by atoms with Crippen LogP contribution in [-0.2, 0) is 4.79 Å². The molecule has 124 valence electrons. The van der Waals surface area contributed by atoms with E-state index >= 15 is 0 Å². The van der Waals surface area contributed by atoms with Crippen molar-refractivity contribution in [3.63, 3.8) is 0 Å². The molecule has 5 heteroatoms. The number of hydrogen-bond acceptors (Lipinski definition) is 3. The molecule has 2 fully saturated rings. The number of pyridine rings is 1. The van der Waals surface area contributed by atoms with Gasteiger partial charge in [-0.05, 0) is 44.2 Å². The number of para-hydroxylation sites is 1. The van der Waals surface area contributed by atoms with Gasteiger partial charge in [0.2, 0.25) is 0 Å². The van der Waals surface area contributed by atoms with Gasteiger partial charge in [-0.1, -0.05) is 18.2 Å². The van der Waals surface area contributed by atoms with Gasteiger partial charge in [-0.25, -0.2) is 4.79 Å². The zero-order valence-corrected chi connectivity index (χ0v) is 13.4. The van der Waals surface area contributed by atoms with E-state index in [0.717, 1.165) is 42.3 Å². The molecule has 1 aliphatic heterocycles. The molecule has 1 atom stereocenters. The first kappa shape index (κ1) is 15.1. The lowest BCUT2D eigenvalue weighted by Gasteiger charge is -2.33. The second-order valence-electron chi connectivity index (χ2n) is 6.73. The number of carbonyl (C=O) groups excluding carboxylic acids is 1. The van der Waals surface area contributed by atoms with Crippen LogP contribution in [0.2, 0.25) is 0 Å². The maximum absolute atomic E-state index is 13.2. The van der Waals surface area contributed by atoms with Crippen LogP contribution in [0.1, 0.15) is 54.1 Å². The number of likely N-dealkylation sites (tertiary alicyclic amines) is 1. The van der Waals surface area contributed by atoms with Crippen molar-refractivity contribution in [2.24, 2.45) is 0 Å². The van der Waals surface area contributed by atoms with Crippen molar-refractivity contribution in [3.05, 3.63) is 41.6 Å². The van der Waals surface area contributed by atoms with Gasteiger partial charge in [0.1, 0.15) is 6.04 Å². The van der Waals surface area contributed by atoms with Crippen LogP contribution in [0.4, 0.5) is 0 Å². The average Bonchev–Trinajstić information content (AvgIpc) is 3.45. The number of nitrogens with zero attached hydrogens (tertiary/aromatic N) is 2. The Kier molecular flexibility index (Phi) is 3.71. The summed E-state index contributed by atoms with van der Waals surface area (Å²) in [4.78, 5) is 30.9. The Hall–Kier alpha value is -2.43. The molecule has 24 heavy (non-hydrogen) atoms. The Balaban J connectivity index is 1.79. The summed E-state index contributed by atoms with van der Waals surface area (Å²) in [5, 5.41) is 10.3. The van der Waals surface area contributed by atoms with Gasteiger partial charge in [-0.2, -0.15) is 0 Å². The highest BCUT2D eigenvalue weighted by molar-refractivity contribution is 6.07. The molecule has 2 aromatic rings. The largest absolute Gasteiger partial charge is 0.480 e. The number of carboxylic acid groups (broad SMARTS) is 1. The minimum atomic E-state index is -0.913. The van der Waals surface area contributed by atoms with Crippen LogP contribution in [0.3, 0.4) is 0 Å². The van der Waals surface area contributed by atoms with Crippen molar-refractivity contribution >= 4 is 22.8 Å². The lowest BCUT2D eigenvalue weighted by atomic mass is 9.99. The van der Waals surface area contributed by atoms with Gasteiger partial charge < -0.3 is 10.0 Å². The molecule has 1 amide bonds. The molecule has 4 rings (SSSR count). The van der Waals surface area contributed by atoms with Gasteiger partial charge in [-0.3, -0.25) is 9.78 Å². The van der Waals surface area contributed by atoms with E-state index in [1.807, 2.05) is 30.3 Å². The summed E-state index contributed by atoms with van der Waals surface area (Å²) in [7, 11) is 0. The fraction of sp³-hybridized carbons (Fsp3) is 0.421. The van der Waals surface area contributed by atoms with E-state index in [2.05, 4.69) is 0 Å². The van der Waals surface area contributed by atoms with Gasteiger partial charge >= 0.3 is 5.97 Å². The lowest BCUT2D eigenvalue weighted by molar-refractivity contribution is -0.143. The number of aliphatic carboxylic acids is 1. The summed E-state index contributed by atoms with van der Waals surface area (Å²) in [6.45, 7) is 0.505. The summed E-state index contributed by atoms with van der Waals surface area (Å²) in [6, 6.07) is 8.79. The third-order valence-electron chi connectivity index (χ3n) is 5.01. The fourth-order valence-corrected chi connectivity index (χ4v) is 3.55. The van der Waals surface area contributed by atoms with Crippen molar-refractivity contribution in [2.75, 3.05) is 6.54 Å². The maximum atomic E-state index is 13.2. The minimum Gasteiger partial charge on any atom is -0.480 e. The number of piperidine rings is 1. The number of amides is 1. The zero-order valence-electron chi connectivity index (χ0n) is 13.4. The second-order valence-corrected chi connectivity index (χ2v) is 6.73. The molecule has 0 bridgehead atoms. The first-order valence-electron chi connectivity index (χ1n) is 8.58. The maximum Gasteiger partial charge on any atom is 0.326 e. The summed E-state index contributed by atoms with van der Waals surface area (Å²) in [5.41, 5.74) is 2.37. The van der Waals surface area contributed by atoms with Crippen LogP contribution in [-0.4, -0.2) is 39.5 Å². The van der Waals surface area contributed by atoms with Crippen LogP contribution in [0, 0.1) is 0 Å². The van der Waals surface area contributed by atoms with Crippen molar-refractivity contribution < 1.29 is 14.7 Å². The monoisotopic (exact) mass is 324 g/mol. The van der Waals surface area contributed by atoms with E-state index in [4.69, 9.17) is 4.98 Å². The van der Waals surface area contributed by atoms with Crippen molar-refractivity contribution in [1.29, 1.82) is 0 Å². The topological polar surface area (TPSA) is 70.5 Å². The first-order valence-corrected chi connectivity index (χ1v) is 8.58. The molecule has 2 heterocycles. The number of carboxylic acids is 1. The summed E-state index contributed by atoms with van der Waals surface area (Å²) < 4.78 is 0. The Labute approximate surface area is 140 Å². The van der Waals surface area contributed by atoms with Gasteiger partial charge in [0.25, 0.3) is 5.91 Å². The minimum absolute atomic E-state index is 0.178. The highest BCUT2D eigenvalue weighted by atomic mass is 16.4. The number of rotatable bonds is 3. The Morgan fingerprint density at radius 3 is 2.67 bits per heavy atom. The van der Waals surface area contributed by atoms with E-state index in [1.54, 1.807) is 0 Å². The van der Waals surface area contributed by atoms with E-state index in [-0.39, 0.29) is 5.91 Å². The van der Waals surface area contributed by atoms with Gasteiger partial charge in [-0.15, -0.1) is 0 Å². The molecule has 0 unspecified atom stereocenters. The first-order chi connectivity index (χ1) is 11.6. The number of fused-ring (bicyclic) bond motifs is 1. The molecule has 2 aliphatic rings. The predicted octanol–water partition coefficient (Wildman–Crippen LogP) is 3.19. The Bertz CT molecular complexity index is 813. The van der Waals surface area contributed by atoms with Crippen LogP contribution in [0.5, 0.6) is 0 Å². The highest BCUT2D eigenvalue weighted by Gasteiger charge is 2.34. The van der Waals surface area contributed by atoms with E-state index < -0.39 is 12.0 Å². The summed E-state index contributed by atoms with van der Waals surface area (Å²) >= 11 is 0. The molecular weight excluding hydrogens is 304 g/mol. The van der Waals surface area contributed by atoms with E-state index in [1.165, 1.54) is 4.90 Å². The van der Waals surface area contributed by atoms with E-state index in [9.17, 15) is 14.7 Å². The predicted molar refractivity (Wildman–Crippen MR) is 90.0 cm³/mol. The van der Waals surface area contributed by atoms with Gasteiger partial charge in [0.05, 0.1) is 11.1 Å². The summed E-state index contributed by atoms with van der Waals surface area (Å²) in [5.74, 6) is -0.649. The van der Waals surface area contributed by atoms with Crippen molar-refractivity contribution in [3.8, 4) is 0 Å². The second kappa shape index (κ2) is 5.89. The molecule has 1 saturated heterocycles. The molecule has 0 radical (unpaired) electrons. The molecule has 1 saturated carbocycles. The molecule has 0 spiro atoms. The number of aromatic nitrogens is 1. The third kappa shape index (κ3) is 2.64. The van der Waals surface area contributed by atoms with Crippen molar-refractivity contribution in [1.82, 2.24) is 9.88 Å². The number of benzene rings is 1. The number of carbonyl (C=O) groups is 2. The van der Waals surface area contributed by atoms with Gasteiger partial charge in [0.15, 0.2) is 0 Å². The van der Waals surface area contributed by atoms with Crippen molar-refractivity contribution in [2.45, 2.75) is 44.1 Å². The van der Waals surface area contributed by atoms with E-state index in [0.29, 0.717) is 24.4 Å². The smallest absolute Gasteiger partial charge is 0.326 e. The summed E-state index contributed by atoms with van der Waals surface area (Å²) in [6.07, 6.45) is 4.46. The molecule has 1 N–H and O–H groups in total. The van der Waals surface area contributed by atoms with Crippen LogP contribution in [0.25, 0.3) is 10.9 Å². The average molecular weight is 324 g/mol. The van der Waals surface area contributed by atoms with Crippen LogP contribution < -0.4 is 0 Å². The normalized spacial score (nSPS) is 21.0. The number of hydrogen-bond donors (Lipinski definition) is 1. The SMILES string of the molecule is O=C(O)[C@@H]1CCCCN1C(=O)c1cc(C2CC2)nc2ccccc12. The fourth-order valence-electron chi connectivity index (χ4n) is 3.55. The molecule has 5 nitrogen and oxygen atoms in total. The standard InChI is InChI=1S/C19H20N2O3/c22-18(21-10-4-3-7-17(21)19(23)24)14-11-16(12-8-9-12)20-15-6-2-1-5-13(14)15/h1-2,5-6,11-12,17H,3-4,7-10H2,(H,23,24)/t17-/m0/s1. The zero-order chi connectivity index (χ0) is 16.7. The highest BCUT2D eigenvalue weighted by Crippen LogP contribution is 2.40. The van der Waals surface area contributed by atoms with Crippen LogP contribution in [0.15, 0.2) is 30.3 Å². The Morgan fingerprint density at radius 2 is 1.92 bits per heavy atom. The quantitative estimate of drug-likeness (QED) is 0.941. The molecule has 1 aliphatic carbocycles. The molecule has 1 aromatic carbocycles. The van der Waals surface area contributed by atoms with Gasteiger partial charge in [0, 0.05) is 23.5 Å². The molecule has 1 aromatic heterocycles.